The number of nitrogens with zero attached hydrogens (tertiary/aromatic N) is 3. The molecule has 8 nitrogen and oxygen atoms in total. The summed E-state index contributed by atoms with van der Waals surface area (Å²) in [6.45, 7) is 1.94. The molecule has 0 unspecified atom stereocenters. The molecule has 0 spiro atoms. The Labute approximate surface area is 163 Å². The van der Waals surface area contributed by atoms with E-state index in [1.165, 1.54) is 0 Å². The maximum Gasteiger partial charge on any atom is 0.277 e. The standard InChI is InChI=1S/C17H17N5O3S2/c1-10-19-13(8-26-10)7-15-21-22-17(25-15)27-9-14(23)20-12-5-3-4-11(6-12)16(24)18-2/h3-6,8H,7,9H2,1-2H3,(H,18,24)(H,20,23). The van der Waals surface area contributed by atoms with Crippen LogP contribution >= 0.6 is 23.1 Å². The first kappa shape index (κ1) is 19.1. The van der Waals surface area contributed by atoms with E-state index in [9.17, 15) is 9.59 Å². The normalized spacial score (nSPS) is 10.6. The number of rotatable bonds is 7. The number of aryl methyl sites for hydroxylation is 1. The van der Waals surface area contributed by atoms with Gasteiger partial charge in [0.1, 0.15) is 0 Å². The molecule has 140 valence electrons. The van der Waals surface area contributed by atoms with Crippen molar-refractivity contribution in [2.75, 3.05) is 18.1 Å². The minimum Gasteiger partial charge on any atom is -0.416 e. The van der Waals surface area contributed by atoms with Gasteiger partial charge in [0, 0.05) is 23.7 Å². The fraction of sp³-hybridized carbons (Fsp3) is 0.235. The van der Waals surface area contributed by atoms with E-state index >= 15 is 0 Å². The molecule has 0 radical (unpaired) electrons. The molecule has 3 aromatic rings. The summed E-state index contributed by atoms with van der Waals surface area (Å²) in [5.41, 5.74) is 1.90. The second-order valence-corrected chi connectivity index (χ2v) is 7.48. The molecule has 10 heteroatoms. The van der Waals surface area contributed by atoms with Crippen LogP contribution in [-0.2, 0) is 11.2 Å². The van der Waals surface area contributed by atoms with Crippen LogP contribution in [0.5, 0.6) is 0 Å². The van der Waals surface area contributed by atoms with Crippen molar-refractivity contribution in [3.05, 3.63) is 51.8 Å². The molecule has 0 aliphatic heterocycles. The number of nitrogens with one attached hydrogen (secondary N) is 2. The lowest BCUT2D eigenvalue weighted by molar-refractivity contribution is -0.113. The van der Waals surface area contributed by atoms with E-state index in [2.05, 4.69) is 25.8 Å². The molecule has 0 aliphatic carbocycles. The molecule has 0 aliphatic rings. The highest BCUT2D eigenvalue weighted by Crippen LogP contribution is 2.19. The number of amides is 2. The number of thiazole rings is 1. The first-order valence-electron chi connectivity index (χ1n) is 8.01. The monoisotopic (exact) mass is 403 g/mol. The van der Waals surface area contributed by atoms with Crippen molar-refractivity contribution in [3.63, 3.8) is 0 Å². The van der Waals surface area contributed by atoms with Crippen molar-refractivity contribution >= 4 is 40.6 Å². The first-order valence-corrected chi connectivity index (χ1v) is 9.88. The van der Waals surface area contributed by atoms with Gasteiger partial charge in [-0.25, -0.2) is 4.98 Å². The largest absolute Gasteiger partial charge is 0.416 e. The molecule has 0 bridgehead atoms. The summed E-state index contributed by atoms with van der Waals surface area (Å²) >= 11 is 2.72. The molecular formula is C17H17N5O3S2. The lowest BCUT2D eigenvalue weighted by Crippen LogP contribution is -2.18. The van der Waals surface area contributed by atoms with E-state index < -0.39 is 0 Å². The summed E-state index contributed by atoms with van der Waals surface area (Å²) in [6.07, 6.45) is 0.469. The first-order chi connectivity index (χ1) is 13.0. The van der Waals surface area contributed by atoms with Gasteiger partial charge in [-0.3, -0.25) is 9.59 Å². The average molecular weight is 403 g/mol. The van der Waals surface area contributed by atoms with Crippen molar-refractivity contribution in [1.82, 2.24) is 20.5 Å². The van der Waals surface area contributed by atoms with Crippen LogP contribution in [0.3, 0.4) is 0 Å². The molecule has 2 N–H and O–H groups in total. The van der Waals surface area contributed by atoms with Gasteiger partial charge in [-0.05, 0) is 25.1 Å². The molecule has 2 amide bonds. The van der Waals surface area contributed by atoms with Gasteiger partial charge in [0.15, 0.2) is 0 Å². The van der Waals surface area contributed by atoms with E-state index in [4.69, 9.17) is 4.42 Å². The molecule has 0 saturated heterocycles. The van der Waals surface area contributed by atoms with Crippen LogP contribution in [-0.4, -0.2) is 39.8 Å². The quantitative estimate of drug-likeness (QED) is 0.583. The van der Waals surface area contributed by atoms with E-state index in [0.29, 0.717) is 28.8 Å². The van der Waals surface area contributed by atoms with Crippen LogP contribution in [0.4, 0.5) is 5.69 Å². The number of thioether (sulfide) groups is 1. The Morgan fingerprint density at radius 3 is 2.89 bits per heavy atom. The zero-order chi connectivity index (χ0) is 19.2. The Hall–Kier alpha value is -2.72. The summed E-state index contributed by atoms with van der Waals surface area (Å²) < 4.78 is 5.54. The Kier molecular flexibility index (Phi) is 6.20. The SMILES string of the molecule is CNC(=O)c1cccc(NC(=O)CSc2nnc(Cc3csc(C)n3)o2)c1. The molecule has 3 rings (SSSR count). The fourth-order valence-electron chi connectivity index (χ4n) is 2.22. The van der Waals surface area contributed by atoms with Gasteiger partial charge >= 0.3 is 0 Å². The number of hydrogen-bond donors (Lipinski definition) is 2. The molecule has 0 atom stereocenters. The number of carbonyl (C=O) groups is 2. The second kappa shape index (κ2) is 8.78. The molecular weight excluding hydrogens is 386 g/mol. The van der Waals surface area contributed by atoms with Crippen molar-refractivity contribution in [2.24, 2.45) is 0 Å². The number of anilines is 1. The zero-order valence-corrected chi connectivity index (χ0v) is 16.3. The summed E-state index contributed by atoms with van der Waals surface area (Å²) in [4.78, 5) is 28.1. The predicted molar refractivity (Wildman–Crippen MR) is 103 cm³/mol. The van der Waals surface area contributed by atoms with E-state index in [0.717, 1.165) is 22.5 Å². The van der Waals surface area contributed by atoms with Crippen LogP contribution in [0.2, 0.25) is 0 Å². The van der Waals surface area contributed by atoms with Gasteiger partial charge in [0.2, 0.25) is 11.8 Å². The Morgan fingerprint density at radius 1 is 1.30 bits per heavy atom. The summed E-state index contributed by atoms with van der Waals surface area (Å²) in [6, 6.07) is 6.71. The maximum atomic E-state index is 12.1. The number of aromatic nitrogens is 3. The Bertz CT molecular complexity index is 953. The van der Waals surface area contributed by atoms with Crippen LogP contribution in [0, 0.1) is 6.92 Å². The molecule has 2 heterocycles. The van der Waals surface area contributed by atoms with Crippen molar-refractivity contribution in [2.45, 2.75) is 18.6 Å². The Morgan fingerprint density at radius 2 is 2.15 bits per heavy atom. The molecule has 0 saturated carbocycles. The van der Waals surface area contributed by atoms with Gasteiger partial charge in [-0.1, -0.05) is 17.8 Å². The molecule has 1 aromatic carbocycles. The highest BCUT2D eigenvalue weighted by atomic mass is 32.2. The highest BCUT2D eigenvalue weighted by molar-refractivity contribution is 7.99. The van der Waals surface area contributed by atoms with Gasteiger partial charge in [-0.2, -0.15) is 0 Å². The number of benzene rings is 1. The van der Waals surface area contributed by atoms with Crippen LogP contribution in [0.25, 0.3) is 0 Å². The molecule has 0 fully saturated rings. The minimum atomic E-state index is -0.232. The average Bonchev–Trinajstić information content (AvgIpc) is 3.28. The number of hydrogen-bond acceptors (Lipinski definition) is 8. The van der Waals surface area contributed by atoms with Gasteiger partial charge in [0.25, 0.3) is 11.1 Å². The molecule has 2 aromatic heterocycles. The van der Waals surface area contributed by atoms with Gasteiger partial charge in [-0.15, -0.1) is 21.5 Å². The third-order valence-corrected chi connectivity index (χ3v) is 5.05. The van der Waals surface area contributed by atoms with Gasteiger partial charge < -0.3 is 15.1 Å². The third kappa shape index (κ3) is 5.38. The zero-order valence-electron chi connectivity index (χ0n) is 14.7. The van der Waals surface area contributed by atoms with Crippen LogP contribution in [0.15, 0.2) is 39.3 Å². The Balaban J connectivity index is 1.51. The van der Waals surface area contributed by atoms with Crippen molar-refractivity contribution < 1.29 is 14.0 Å². The predicted octanol–water partition coefficient (Wildman–Crippen LogP) is 2.52. The fourth-order valence-corrected chi connectivity index (χ4v) is 3.41. The lowest BCUT2D eigenvalue weighted by Gasteiger charge is -2.06. The van der Waals surface area contributed by atoms with E-state index in [1.54, 1.807) is 42.6 Å². The van der Waals surface area contributed by atoms with Crippen molar-refractivity contribution in [1.29, 1.82) is 0 Å². The number of carbonyl (C=O) groups excluding carboxylic acids is 2. The van der Waals surface area contributed by atoms with E-state index in [1.807, 2.05) is 12.3 Å². The topological polar surface area (TPSA) is 110 Å². The van der Waals surface area contributed by atoms with Crippen molar-refractivity contribution in [3.8, 4) is 0 Å². The summed E-state index contributed by atoms with van der Waals surface area (Å²) in [5, 5.41) is 16.5. The summed E-state index contributed by atoms with van der Waals surface area (Å²) in [5.74, 6) is 0.126. The smallest absolute Gasteiger partial charge is 0.277 e. The van der Waals surface area contributed by atoms with Gasteiger partial charge in [0.05, 0.1) is 22.9 Å². The summed E-state index contributed by atoms with van der Waals surface area (Å²) in [7, 11) is 1.55. The minimum absolute atomic E-state index is 0.113. The third-order valence-electron chi connectivity index (χ3n) is 3.41. The van der Waals surface area contributed by atoms with E-state index in [-0.39, 0.29) is 17.6 Å². The maximum absolute atomic E-state index is 12.1. The highest BCUT2D eigenvalue weighted by Gasteiger charge is 2.12. The van der Waals surface area contributed by atoms with Crippen LogP contribution < -0.4 is 10.6 Å². The second-order valence-electron chi connectivity index (χ2n) is 5.49. The van der Waals surface area contributed by atoms with Crippen LogP contribution in [0.1, 0.15) is 27.0 Å². The lowest BCUT2D eigenvalue weighted by atomic mass is 10.2. The molecule has 27 heavy (non-hydrogen) atoms.